The van der Waals surface area contributed by atoms with Crippen LogP contribution in [0.3, 0.4) is 0 Å². The van der Waals surface area contributed by atoms with Gasteiger partial charge in [0.25, 0.3) is 0 Å². The maximum atomic E-state index is 11.5. The third-order valence-electron chi connectivity index (χ3n) is 2.40. The summed E-state index contributed by atoms with van der Waals surface area (Å²) < 4.78 is 5.18. The predicted octanol–water partition coefficient (Wildman–Crippen LogP) is 0.781. The molecule has 92 valence electrons. The number of hydrogen-bond acceptors (Lipinski definition) is 4. The molecule has 1 heterocycles. The van der Waals surface area contributed by atoms with Crippen LogP contribution in [0, 0.1) is 5.92 Å². The van der Waals surface area contributed by atoms with E-state index in [0.29, 0.717) is 13.0 Å². The van der Waals surface area contributed by atoms with E-state index in [2.05, 4.69) is 5.32 Å². The van der Waals surface area contributed by atoms with Gasteiger partial charge in [0.15, 0.2) is 0 Å². The number of aliphatic carboxylic acids is 1. The minimum atomic E-state index is -0.855. The first kappa shape index (κ1) is 13.0. The largest absolute Gasteiger partial charge is 0.480 e. The maximum absolute atomic E-state index is 11.5. The monoisotopic (exact) mass is 229 g/mol. The fourth-order valence-electron chi connectivity index (χ4n) is 1.77. The highest BCUT2D eigenvalue weighted by Gasteiger charge is 2.31. The van der Waals surface area contributed by atoms with E-state index in [9.17, 15) is 9.59 Å². The molecule has 0 aromatic rings. The molecule has 0 amide bonds. The van der Waals surface area contributed by atoms with Gasteiger partial charge in [-0.15, -0.1) is 0 Å². The Morgan fingerprint density at radius 2 is 2.06 bits per heavy atom. The topological polar surface area (TPSA) is 75.6 Å². The molecule has 0 bridgehead atoms. The summed E-state index contributed by atoms with van der Waals surface area (Å²) in [4.78, 5) is 22.2. The Morgan fingerprint density at radius 3 is 2.50 bits per heavy atom. The lowest BCUT2D eigenvalue weighted by Crippen LogP contribution is -2.29. The second-order valence-electron chi connectivity index (χ2n) is 5.19. The standard InChI is InChI=1S/C11H19NO4/c1-11(2,3)16-9(13)5-7-4-8(10(14)15)12-6-7/h7-8,12H,4-6H2,1-3H3,(H,14,15)/t7-,8-/m0/s1. The van der Waals surface area contributed by atoms with Gasteiger partial charge >= 0.3 is 11.9 Å². The summed E-state index contributed by atoms with van der Waals surface area (Å²) in [6, 6.07) is -0.521. The minimum Gasteiger partial charge on any atom is -0.480 e. The Bertz CT molecular complexity index is 282. The average molecular weight is 229 g/mol. The molecule has 0 aromatic heterocycles. The Hall–Kier alpha value is -1.10. The van der Waals surface area contributed by atoms with Gasteiger partial charge in [0.1, 0.15) is 11.6 Å². The van der Waals surface area contributed by atoms with Crippen molar-refractivity contribution in [2.24, 2.45) is 5.92 Å². The molecule has 1 saturated heterocycles. The van der Waals surface area contributed by atoms with Crippen LogP contribution in [0.25, 0.3) is 0 Å². The van der Waals surface area contributed by atoms with E-state index in [-0.39, 0.29) is 18.3 Å². The van der Waals surface area contributed by atoms with Crippen molar-refractivity contribution in [1.82, 2.24) is 5.32 Å². The van der Waals surface area contributed by atoms with Crippen molar-refractivity contribution in [2.75, 3.05) is 6.54 Å². The van der Waals surface area contributed by atoms with E-state index in [1.807, 2.05) is 20.8 Å². The van der Waals surface area contributed by atoms with Gasteiger partial charge < -0.3 is 15.2 Å². The van der Waals surface area contributed by atoms with Crippen molar-refractivity contribution in [3.63, 3.8) is 0 Å². The first-order valence-corrected chi connectivity index (χ1v) is 5.46. The summed E-state index contributed by atoms with van der Waals surface area (Å²) in [5, 5.41) is 11.6. The van der Waals surface area contributed by atoms with Gasteiger partial charge in [-0.2, -0.15) is 0 Å². The second kappa shape index (κ2) is 4.82. The minimum absolute atomic E-state index is 0.0657. The molecule has 2 N–H and O–H groups in total. The van der Waals surface area contributed by atoms with Crippen molar-refractivity contribution in [1.29, 1.82) is 0 Å². The highest BCUT2D eigenvalue weighted by molar-refractivity contribution is 5.74. The second-order valence-corrected chi connectivity index (χ2v) is 5.19. The van der Waals surface area contributed by atoms with E-state index in [4.69, 9.17) is 9.84 Å². The highest BCUT2D eigenvalue weighted by atomic mass is 16.6. The quantitative estimate of drug-likeness (QED) is 0.699. The first-order chi connectivity index (χ1) is 7.28. The molecular weight excluding hydrogens is 210 g/mol. The number of nitrogens with one attached hydrogen (secondary N) is 1. The fourth-order valence-corrected chi connectivity index (χ4v) is 1.77. The first-order valence-electron chi connectivity index (χ1n) is 5.46. The van der Waals surface area contributed by atoms with Crippen molar-refractivity contribution in [3.8, 4) is 0 Å². The molecule has 1 aliphatic heterocycles. The molecule has 1 aliphatic rings. The molecule has 0 spiro atoms. The molecular formula is C11H19NO4. The Morgan fingerprint density at radius 1 is 1.44 bits per heavy atom. The number of carbonyl (C=O) groups excluding carboxylic acids is 1. The summed E-state index contributed by atoms with van der Waals surface area (Å²) in [6.45, 7) is 6.02. The van der Waals surface area contributed by atoms with Crippen LogP contribution in [0.4, 0.5) is 0 Å². The molecule has 0 unspecified atom stereocenters. The summed E-state index contributed by atoms with van der Waals surface area (Å²) >= 11 is 0. The molecule has 0 aromatic carbocycles. The zero-order valence-corrected chi connectivity index (χ0v) is 9.95. The molecule has 0 saturated carbocycles. The molecule has 5 nitrogen and oxygen atoms in total. The van der Waals surface area contributed by atoms with Crippen LogP contribution in [0.5, 0.6) is 0 Å². The van der Waals surface area contributed by atoms with Gasteiger partial charge in [0, 0.05) is 6.42 Å². The van der Waals surface area contributed by atoms with Crippen molar-refractivity contribution < 1.29 is 19.4 Å². The van der Waals surface area contributed by atoms with Crippen molar-refractivity contribution >= 4 is 11.9 Å². The Kier molecular flexibility index (Phi) is 3.91. The lowest BCUT2D eigenvalue weighted by Gasteiger charge is -2.20. The lowest BCUT2D eigenvalue weighted by molar-refractivity contribution is -0.156. The number of carboxylic acid groups (broad SMARTS) is 1. The third-order valence-corrected chi connectivity index (χ3v) is 2.40. The van der Waals surface area contributed by atoms with Crippen LogP contribution in [-0.2, 0) is 14.3 Å². The summed E-state index contributed by atoms with van der Waals surface area (Å²) in [5.74, 6) is -1.05. The van der Waals surface area contributed by atoms with Gasteiger partial charge in [0.2, 0.25) is 0 Å². The normalized spacial score (nSPS) is 25.4. The Balaban J connectivity index is 2.34. The number of rotatable bonds is 3. The van der Waals surface area contributed by atoms with Gasteiger partial charge in [-0.1, -0.05) is 0 Å². The van der Waals surface area contributed by atoms with E-state index in [0.717, 1.165) is 0 Å². The molecule has 16 heavy (non-hydrogen) atoms. The van der Waals surface area contributed by atoms with Crippen LogP contribution in [0.1, 0.15) is 33.6 Å². The molecule has 1 fully saturated rings. The van der Waals surface area contributed by atoms with Gasteiger partial charge in [-0.05, 0) is 39.7 Å². The molecule has 5 heteroatoms. The van der Waals surface area contributed by atoms with E-state index < -0.39 is 17.6 Å². The van der Waals surface area contributed by atoms with Crippen LogP contribution >= 0.6 is 0 Å². The van der Waals surface area contributed by atoms with Crippen LogP contribution < -0.4 is 5.32 Å². The van der Waals surface area contributed by atoms with Crippen LogP contribution in [0.2, 0.25) is 0 Å². The molecule has 1 rings (SSSR count). The van der Waals surface area contributed by atoms with Crippen LogP contribution in [-0.4, -0.2) is 35.2 Å². The van der Waals surface area contributed by atoms with Crippen molar-refractivity contribution in [3.05, 3.63) is 0 Å². The number of ether oxygens (including phenoxy) is 1. The summed E-state index contributed by atoms with van der Waals surface area (Å²) in [5.41, 5.74) is -0.477. The predicted molar refractivity (Wildman–Crippen MR) is 58.0 cm³/mol. The Labute approximate surface area is 95.2 Å². The number of carboxylic acids is 1. The number of hydrogen-bond donors (Lipinski definition) is 2. The SMILES string of the molecule is CC(C)(C)OC(=O)C[C@H]1CN[C@H](C(=O)O)C1. The van der Waals surface area contributed by atoms with E-state index in [1.165, 1.54) is 0 Å². The van der Waals surface area contributed by atoms with E-state index >= 15 is 0 Å². The molecule has 0 aliphatic carbocycles. The van der Waals surface area contributed by atoms with Gasteiger partial charge in [-0.25, -0.2) is 0 Å². The summed E-state index contributed by atoms with van der Waals surface area (Å²) in [6.07, 6.45) is 0.780. The van der Waals surface area contributed by atoms with Gasteiger partial charge in [-0.3, -0.25) is 9.59 Å². The summed E-state index contributed by atoms with van der Waals surface area (Å²) in [7, 11) is 0. The zero-order valence-electron chi connectivity index (χ0n) is 9.95. The fraction of sp³-hybridized carbons (Fsp3) is 0.818. The lowest BCUT2D eigenvalue weighted by atomic mass is 10.0. The highest BCUT2D eigenvalue weighted by Crippen LogP contribution is 2.20. The average Bonchev–Trinajstić information content (AvgIpc) is 2.48. The van der Waals surface area contributed by atoms with Gasteiger partial charge in [0.05, 0.1) is 0 Å². The third kappa shape index (κ3) is 4.18. The van der Waals surface area contributed by atoms with Crippen LogP contribution in [0.15, 0.2) is 0 Å². The number of carbonyl (C=O) groups is 2. The van der Waals surface area contributed by atoms with E-state index in [1.54, 1.807) is 0 Å². The smallest absolute Gasteiger partial charge is 0.320 e. The zero-order chi connectivity index (χ0) is 12.3. The number of esters is 1. The molecule has 2 atom stereocenters. The maximum Gasteiger partial charge on any atom is 0.320 e. The molecule has 0 radical (unpaired) electrons. The van der Waals surface area contributed by atoms with Crippen molar-refractivity contribution in [2.45, 2.75) is 45.3 Å².